The van der Waals surface area contributed by atoms with Gasteiger partial charge in [-0.05, 0) is 50.1 Å². The first kappa shape index (κ1) is 11.7. The number of rotatable bonds is 2. The molecule has 2 heterocycles. The van der Waals surface area contributed by atoms with Crippen molar-refractivity contribution in [3.05, 3.63) is 39.2 Å². The summed E-state index contributed by atoms with van der Waals surface area (Å²) in [6, 6.07) is 5.31. The second-order valence-electron chi connectivity index (χ2n) is 3.67. The number of hydrogen-bond donors (Lipinski definition) is 1. The van der Waals surface area contributed by atoms with Gasteiger partial charge < -0.3 is 9.40 Å². The molecule has 1 N–H and O–H groups in total. The van der Waals surface area contributed by atoms with Crippen LogP contribution >= 0.6 is 31.9 Å². The molecule has 2 aromatic heterocycles. The Balaban J connectivity index is 2.30. The number of nitrogens with one attached hydrogen (secondary N) is 1. The van der Waals surface area contributed by atoms with E-state index in [0.717, 1.165) is 25.5 Å². The van der Waals surface area contributed by atoms with Gasteiger partial charge in [-0.25, -0.2) is 4.98 Å². The maximum absolute atomic E-state index is 10.7. The number of hydrogen-bond acceptors (Lipinski definition) is 3. The number of halogens is 2. The third kappa shape index (κ3) is 1.72. The lowest BCUT2D eigenvalue weighted by atomic mass is 10.1. The average molecular weight is 370 g/mol. The Labute approximate surface area is 119 Å². The van der Waals surface area contributed by atoms with Gasteiger partial charge in [-0.3, -0.25) is 4.79 Å². The molecule has 0 spiro atoms. The van der Waals surface area contributed by atoms with Crippen LogP contribution in [0.3, 0.4) is 0 Å². The third-order valence-electron chi connectivity index (χ3n) is 2.60. The molecule has 0 bridgehead atoms. The zero-order chi connectivity index (χ0) is 12.7. The van der Waals surface area contributed by atoms with Crippen LogP contribution in [0.1, 0.15) is 10.6 Å². The van der Waals surface area contributed by atoms with Crippen molar-refractivity contribution < 1.29 is 9.21 Å². The molecule has 0 unspecified atom stereocenters. The molecule has 0 aliphatic rings. The predicted molar refractivity (Wildman–Crippen MR) is 74.6 cm³/mol. The van der Waals surface area contributed by atoms with Crippen LogP contribution in [0.4, 0.5) is 0 Å². The largest absolute Gasteiger partial charge is 0.453 e. The number of H-pyrrole nitrogens is 1. The number of nitrogens with zero attached hydrogens (tertiary/aromatic N) is 1. The summed E-state index contributed by atoms with van der Waals surface area (Å²) in [6.45, 7) is 0. The first-order valence-corrected chi connectivity index (χ1v) is 6.66. The molecule has 0 fully saturated rings. The van der Waals surface area contributed by atoms with Crippen LogP contribution in [-0.2, 0) is 0 Å². The summed E-state index contributed by atoms with van der Waals surface area (Å²) in [5, 5.41) is 0. The molecule has 0 saturated carbocycles. The Morgan fingerprint density at radius 2 is 2.17 bits per heavy atom. The van der Waals surface area contributed by atoms with Crippen LogP contribution in [0.15, 0.2) is 37.9 Å². The van der Waals surface area contributed by atoms with Gasteiger partial charge in [0.05, 0.1) is 16.3 Å². The van der Waals surface area contributed by atoms with E-state index in [-0.39, 0.29) is 0 Å². The summed E-state index contributed by atoms with van der Waals surface area (Å²) in [5.41, 5.74) is 2.57. The van der Waals surface area contributed by atoms with Crippen LogP contribution in [0, 0.1) is 0 Å². The maximum atomic E-state index is 10.7. The van der Waals surface area contributed by atoms with E-state index in [9.17, 15) is 4.79 Å². The molecule has 0 atom stereocenters. The lowest BCUT2D eigenvalue weighted by molar-refractivity contribution is 0.110. The van der Waals surface area contributed by atoms with Crippen LogP contribution in [0.25, 0.3) is 22.4 Å². The van der Waals surface area contributed by atoms with Crippen LogP contribution in [-0.4, -0.2) is 16.3 Å². The summed E-state index contributed by atoms with van der Waals surface area (Å²) < 4.78 is 7.12. The van der Waals surface area contributed by atoms with Gasteiger partial charge in [0, 0.05) is 10.0 Å². The Kier molecular flexibility index (Phi) is 2.83. The molecule has 0 aliphatic heterocycles. The predicted octanol–water partition coefficient (Wildman–Crippen LogP) is 4.16. The van der Waals surface area contributed by atoms with E-state index >= 15 is 0 Å². The summed E-state index contributed by atoms with van der Waals surface area (Å²) in [5.74, 6) is 0.909. The van der Waals surface area contributed by atoms with Gasteiger partial charge >= 0.3 is 0 Å². The summed E-state index contributed by atoms with van der Waals surface area (Å²) in [4.78, 5) is 17.9. The number of benzene rings is 1. The molecular formula is C12H6Br2N2O2. The van der Waals surface area contributed by atoms with Gasteiger partial charge in [0.1, 0.15) is 11.3 Å². The molecule has 0 radical (unpaired) electrons. The first-order valence-electron chi connectivity index (χ1n) is 5.07. The van der Waals surface area contributed by atoms with Gasteiger partial charge in [0.25, 0.3) is 0 Å². The molecular weight excluding hydrogens is 364 g/mol. The van der Waals surface area contributed by atoms with Crippen molar-refractivity contribution in [2.24, 2.45) is 0 Å². The molecule has 3 aromatic rings. The smallest absolute Gasteiger partial charge is 0.185 e. The fourth-order valence-corrected chi connectivity index (χ4v) is 3.40. The monoisotopic (exact) mass is 368 g/mol. The minimum absolute atomic E-state index is 0.297. The van der Waals surface area contributed by atoms with Crippen molar-refractivity contribution in [2.75, 3.05) is 0 Å². The molecule has 4 nitrogen and oxygen atoms in total. The Morgan fingerprint density at radius 1 is 1.33 bits per heavy atom. The molecule has 18 heavy (non-hydrogen) atoms. The third-order valence-corrected chi connectivity index (χ3v) is 3.99. The van der Waals surface area contributed by atoms with E-state index in [1.165, 1.54) is 0 Å². The Morgan fingerprint density at radius 3 is 2.89 bits per heavy atom. The van der Waals surface area contributed by atoms with Gasteiger partial charge in [0.15, 0.2) is 12.0 Å². The number of fused-ring (bicyclic) bond motifs is 1. The zero-order valence-electron chi connectivity index (χ0n) is 8.91. The maximum Gasteiger partial charge on any atom is 0.185 e. The summed E-state index contributed by atoms with van der Waals surface area (Å²) >= 11 is 7.01. The van der Waals surface area contributed by atoms with Crippen LogP contribution in [0.5, 0.6) is 0 Å². The van der Waals surface area contributed by atoms with E-state index in [0.29, 0.717) is 17.8 Å². The molecule has 90 valence electrons. The number of carbonyl (C=O) groups excluding carboxylic acids is 1. The fourth-order valence-electron chi connectivity index (χ4n) is 1.79. The number of carbonyl (C=O) groups is 1. The van der Waals surface area contributed by atoms with Gasteiger partial charge in [0.2, 0.25) is 0 Å². The Bertz CT molecular complexity index is 746. The molecule has 0 saturated heterocycles. The number of imidazole rings is 1. The second kappa shape index (κ2) is 4.37. The van der Waals surface area contributed by atoms with Crippen molar-refractivity contribution in [3.8, 4) is 11.3 Å². The SMILES string of the molecule is O=Cc1ccc(-c2c(Br)cc3[nH]cnc3c2Br)o1. The summed E-state index contributed by atoms with van der Waals surface area (Å²) in [7, 11) is 0. The first-order chi connectivity index (χ1) is 8.70. The molecule has 1 aromatic carbocycles. The van der Waals surface area contributed by atoms with Gasteiger partial charge in [-0.1, -0.05) is 0 Å². The molecule has 6 heteroatoms. The second-order valence-corrected chi connectivity index (χ2v) is 5.31. The van der Waals surface area contributed by atoms with E-state index in [2.05, 4.69) is 41.8 Å². The Hall–Kier alpha value is -1.40. The molecule has 0 amide bonds. The molecule has 0 aliphatic carbocycles. The number of furan rings is 1. The van der Waals surface area contributed by atoms with Crippen LogP contribution in [0.2, 0.25) is 0 Å². The highest BCUT2D eigenvalue weighted by Gasteiger charge is 2.16. The lowest BCUT2D eigenvalue weighted by Gasteiger charge is -2.05. The van der Waals surface area contributed by atoms with Crippen molar-refractivity contribution in [1.82, 2.24) is 9.97 Å². The van der Waals surface area contributed by atoms with E-state index in [4.69, 9.17) is 4.42 Å². The van der Waals surface area contributed by atoms with E-state index in [1.54, 1.807) is 18.5 Å². The topological polar surface area (TPSA) is 58.9 Å². The zero-order valence-corrected chi connectivity index (χ0v) is 12.1. The highest BCUT2D eigenvalue weighted by Crippen LogP contribution is 2.39. The summed E-state index contributed by atoms with van der Waals surface area (Å²) in [6.07, 6.45) is 2.31. The minimum Gasteiger partial charge on any atom is -0.453 e. The highest BCUT2D eigenvalue weighted by atomic mass is 79.9. The van der Waals surface area contributed by atoms with E-state index < -0.39 is 0 Å². The standard InChI is InChI=1S/C12H6Br2N2O2/c13-7-3-8-12(16-5-15-8)11(14)10(7)9-2-1-6(4-17)18-9/h1-5H,(H,15,16). The van der Waals surface area contributed by atoms with Crippen molar-refractivity contribution in [2.45, 2.75) is 0 Å². The highest BCUT2D eigenvalue weighted by molar-refractivity contribution is 9.11. The van der Waals surface area contributed by atoms with Crippen LogP contribution < -0.4 is 0 Å². The number of aromatic nitrogens is 2. The minimum atomic E-state index is 0.297. The molecule has 3 rings (SSSR count). The van der Waals surface area contributed by atoms with Crippen molar-refractivity contribution in [1.29, 1.82) is 0 Å². The number of aromatic amines is 1. The lowest BCUT2D eigenvalue weighted by Crippen LogP contribution is -1.83. The van der Waals surface area contributed by atoms with E-state index in [1.807, 2.05) is 6.07 Å². The van der Waals surface area contributed by atoms with Crippen molar-refractivity contribution >= 4 is 49.2 Å². The number of aldehydes is 1. The van der Waals surface area contributed by atoms with Crippen molar-refractivity contribution in [3.63, 3.8) is 0 Å². The normalized spacial score (nSPS) is 11.0. The van der Waals surface area contributed by atoms with Gasteiger partial charge in [-0.15, -0.1) is 0 Å². The van der Waals surface area contributed by atoms with Gasteiger partial charge in [-0.2, -0.15) is 0 Å². The quantitative estimate of drug-likeness (QED) is 0.690. The average Bonchev–Trinajstić information content (AvgIpc) is 2.97. The fraction of sp³-hybridized carbons (Fsp3) is 0.